The average Bonchev–Trinajstić information content (AvgIpc) is 2.67. The molecule has 5 N–H and O–H groups in total. The van der Waals surface area contributed by atoms with Gasteiger partial charge in [-0.3, -0.25) is 4.79 Å². The van der Waals surface area contributed by atoms with Crippen LogP contribution in [-0.4, -0.2) is 43.0 Å². The maximum absolute atomic E-state index is 12.6. The van der Waals surface area contributed by atoms with E-state index in [1.165, 1.54) is 18.3 Å². The van der Waals surface area contributed by atoms with Crippen molar-refractivity contribution in [2.45, 2.75) is 30.5 Å². The van der Waals surface area contributed by atoms with Gasteiger partial charge in [-0.1, -0.05) is 35.9 Å². The van der Waals surface area contributed by atoms with Crippen LogP contribution in [0.1, 0.15) is 29.2 Å². The molecule has 0 amide bonds. The number of hydrogen-bond donors (Lipinski definition) is 4. The Hall–Kier alpha value is -3.45. The van der Waals surface area contributed by atoms with Gasteiger partial charge in [0.1, 0.15) is 0 Å². The fourth-order valence-corrected chi connectivity index (χ4v) is 3.54. The van der Waals surface area contributed by atoms with E-state index in [2.05, 4.69) is 9.82 Å². The molecule has 0 fully saturated rings. The van der Waals surface area contributed by atoms with E-state index in [0.717, 1.165) is 5.56 Å². The fourth-order valence-electron chi connectivity index (χ4n) is 2.32. The first-order chi connectivity index (χ1) is 14.8. The Morgan fingerprint density at radius 2 is 1.72 bits per heavy atom. The number of aryl methyl sites for hydroxylation is 1. The second-order valence-electron chi connectivity index (χ2n) is 6.34. The third-order valence-electron chi connectivity index (χ3n) is 3.79. The standard InChI is InChI=1S/C17H19N3O4S.C2HF3O2/c1-12-5-7-15(8-6-12)25(23,24)20-16(10-17(21)22)14-4-2-3-13(9-14)11-19-18;3-2(4,5)1(6)7/h2-9,11,16,20H,10,18H2,1H3,(H,21,22);(H,6,7). The van der Waals surface area contributed by atoms with Gasteiger partial charge in [-0.15, -0.1) is 0 Å². The van der Waals surface area contributed by atoms with Gasteiger partial charge < -0.3 is 16.1 Å². The first-order valence-corrected chi connectivity index (χ1v) is 10.2. The van der Waals surface area contributed by atoms with Gasteiger partial charge in [0, 0.05) is 0 Å². The molecular formula is C19H20F3N3O6S. The number of carboxylic acid groups (broad SMARTS) is 2. The summed E-state index contributed by atoms with van der Waals surface area (Å²) in [4.78, 5) is 20.2. The topological polar surface area (TPSA) is 159 Å². The number of alkyl halides is 3. The van der Waals surface area contributed by atoms with Crippen LogP contribution in [-0.2, 0) is 19.6 Å². The van der Waals surface area contributed by atoms with Gasteiger partial charge in [0.25, 0.3) is 0 Å². The van der Waals surface area contributed by atoms with Crippen molar-refractivity contribution in [3.8, 4) is 0 Å². The average molecular weight is 475 g/mol. The number of carbonyl (C=O) groups is 2. The second kappa shape index (κ2) is 11.2. The van der Waals surface area contributed by atoms with Gasteiger partial charge in [0.05, 0.1) is 23.6 Å². The molecule has 0 aliphatic rings. The largest absolute Gasteiger partial charge is 0.490 e. The van der Waals surface area contributed by atoms with Crippen molar-refractivity contribution < 1.29 is 41.4 Å². The highest BCUT2D eigenvalue weighted by atomic mass is 32.2. The summed E-state index contributed by atoms with van der Waals surface area (Å²) in [6.07, 6.45) is -4.08. The predicted molar refractivity (Wildman–Crippen MR) is 108 cm³/mol. The molecule has 0 aliphatic heterocycles. The zero-order valence-corrected chi connectivity index (χ0v) is 17.4. The maximum Gasteiger partial charge on any atom is 0.490 e. The number of benzene rings is 2. The van der Waals surface area contributed by atoms with Crippen LogP contribution in [0.2, 0.25) is 0 Å². The lowest BCUT2D eigenvalue weighted by molar-refractivity contribution is -0.192. The van der Waals surface area contributed by atoms with Crippen LogP contribution < -0.4 is 10.6 Å². The molecule has 0 spiro atoms. The summed E-state index contributed by atoms with van der Waals surface area (Å²) >= 11 is 0. The number of nitrogens with two attached hydrogens (primary N) is 1. The molecule has 0 aliphatic carbocycles. The molecule has 1 unspecified atom stereocenters. The number of carboxylic acids is 2. The van der Waals surface area contributed by atoms with Gasteiger partial charge in [-0.25, -0.2) is 17.9 Å². The normalized spacial score (nSPS) is 12.6. The molecular weight excluding hydrogens is 455 g/mol. The monoisotopic (exact) mass is 475 g/mol. The van der Waals surface area contributed by atoms with Crippen LogP contribution in [0.4, 0.5) is 13.2 Å². The molecule has 1 atom stereocenters. The number of rotatable bonds is 7. The van der Waals surface area contributed by atoms with Gasteiger partial charge >= 0.3 is 18.1 Å². The third kappa shape index (κ3) is 8.73. The molecule has 0 radical (unpaired) electrons. The van der Waals surface area contributed by atoms with Gasteiger partial charge in [-0.2, -0.15) is 18.3 Å². The van der Waals surface area contributed by atoms with Crippen molar-refractivity contribution in [3.63, 3.8) is 0 Å². The number of aliphatic carboxylic acids is 2. The Balaban J connectivity index is 0.000000633. The molecule has 13 heteroatoms. The minimum atomic E-state index is -5.08. The number of hydrazone groups is 1. The highest BCUT2D eigenvalue weighted by Gasteiger charge is 2.38. The minimum absolute atomic E-state index is 0.0770. The van der Waals surface area contributed by atoms with E-state index in [4.69, 9.17) is 20.9 Å². The molecule has 0 heterocycles. The molecule has 174 valence electrons. The van der Waals surface area contributed by atoms with Gasteiger partial charge in [0.15, 0.2) is 0 Å². The second-order valence-corrected chi connectivity index (χ2v) is 8.05. The van der Waals surface area contributed by atoms with Crippen molar-refractivity contribution >= 4 is 28.2 Å². The van der Waals surface area contributed by atoms with Crippen molar-refractivity contribution in [1.82, 2.24) is 4.72 Å². The van der Waals surface area contributed by atoms with Crippen molar-refractivity contribution in [2.75, 3.05) is 0 Å². The Bertz CT molecular complexity index is 1070. The minimum Gasteiger partial charge on any atom is -0.481 e. The van der Waals surface area contributed by atoms with Crippen molar-refractivity contribution in [1.29, 1.82) is 0 Å². The van der Waals surface area contributed by atoms with E-state index in [-0.39, 0.29) is 4.90 Å². The highest BCUT2D eigenvalue weighted by Crippen LogP contribution is 2.21. The Morgan fingerprint density at radius 1 is 1.16 bits per heavy atom. The molecule has 32 heavy (non-hydrogen) atoms. The SMILES string of the molecule is Cc1ccc(S(=O)(=O)NC(CC(=O)O)c2cccc(C=NN)c2)cc1.O=C(O)C(F)(F)F. The molecule has 0 saturated carbocycles. The molecule has 0 aromatic heterocycles. The summed E-state index contributed by atoms with van der Waals surface area (Å²) < 4.78 is 59.3. The predicted octanol–water partition coefficient (Wildman–Crippen LogP) is 2.42. The summed E-state index contributed by atoms with van der Waals surface area (Å²) in [6.45, 7) is 1.85. The number of hydrogen-bond acceptors (Lipinski definition) is 6. The molecule has 2 aromatic rings. The molecule has 0 saturated heterocycles. The zero-order valence-electron chi connectivity index (χ0n) is 16.6. The van der Waals surface area contributed by atoms with E-state index >= 15 is 0 Å². The number of nitrogens with zero attached hydrogens (tertiary/aromatic N) is 1. The van der Waals surface area contributed by atoms with Gasteiger partial charge in [0.2, 0.25) is 10.0 Å². The summed E-state index contributed by atoms with van der Waals surface area (Å²) in [5.41, 5.74) is 2.08. The number of nitrogens with one attached hydrogen (secondary N) is 1. The lowest BCUT2D eigenvalue weighted by Crippen LogP contribution is -2.30. The van der Waals surface area contributed by atoms with Crippen molar-refractivity contribution in [3.05, 3.63) is 65.2 Å². The van der Waals surface area contributed by atoms with Crippen LogP contribution in [0.15, 0.2) is 58.5 Å². The first-order valence-electron chi connectivity index (χ1n) is 8.70. The van der Waals surface area contributed by atoms with Crippen LogP contribution in [0.5, 0.6) is 0 Å². The number of halogens is 3. The van der Waals surface area contributed by atoms with Crippen LogP contribution in [0, 0.1) is 6.92 Å². The molecule has 2 rings (SSSR count). The van der Waals surface area contributed by atoms with Crippen LogP contribution in [0.3, 0.4) is 0 Å². The molecule has 0 bridgehead atoms. The quantitative estimate of drug-likeness (QED) is 0.272. The van der Waals surface area contributed by atoms with E-state index in [9.17, 15) is 26.4 Å². The zero-order chi connectivity index (χ0) is 24.5. The van der Waals surface area contributed by atoms with Gasteiger partial charge in [-0.05, 0) is 36.2 Å². The fraction of sp³-hybridized carbons (Fsp3) is 0.211. The van der Waals surface area contributed by atoms with E-state index in [1.807, 2.05) is 6.92 Å². The van der Waals surface area contributed by atoms with Crippen molar-refractivity contribution in [2.24, 2.45) is 10.9 Å². The molecule has 2 aromatic carbocycles. The lowest BCUT2D eigenvalue weighted by Gasteiger charge is -2.18. The van der Waals surface area contributed by atoms with Crippen LogP contribution >= 0.6 is 0 Å². The third-order valence-corrected chi connectivity index (χ3v) is 5.27. The van der Waals surface area contributed by atoms with E-state index in [1.54, 1.807) is 36.4 Å². The summed E-state index contributed by atoms with van der Waals surface area (Å²) in [6, 6.07) is 12.1. The van der Waals surface area contributed by atoms with E-state index in [0.29, 0.717) is 11.1 Å². The molecule has 9 nitrogen and oxygen atoms in total. The summed E-state index contributed by atoms with van der Waals surface area (Å²) in [7, 11) is -3.87. The first kappa shape index (κ1) is 26.6. The number of sulfonamides is 1. The lowest BCUT2D eigenvalue weighted by atomic mass is 10.0. The highest BCUT2D eigenvalue weighted by molar-refractivity contribution is 7.89. The smallest absolute Gasteiger partial charge is 0.481 e. The Labute approximate surface area is 181 Å². The Morgan fingerprint density at radius 3 is 2.19 bits per heavy atom. The van der Waals surface area contributed by atoms with Crippen LogP contribution in [0.25, 0.3) is 0 Å². The maximum atomic E-state index is 12.6. The van der Waals surface area contributed by atoms with E-state index < -0.39 is 40.6 Å². The summed E-state index contributed by atoms with van der Waals surface area (Å²) in [5, 5.41) is 19.7. The Kier molecular flexibility index (Phi) is 9.35. The summed E-state index contributed by atoms with van der Waals surface area (Å²) in [5.74, 6) is 1.25.